The van der Waals surface area contributed by atoms with E-state index in [9.17, 15) is 8.42 Å². The Kier molecular flexibility index (Phi) is 4.01. The molecule has 0 bridgehead atoms. The molecule has 16 heavy (non-hydrogen) atoms. The van der Waals surface area contributed by atoms with Gasteiger partial charge in [-0.2, -0.15) is 0 Å². The highest BCUT2D eigenvalue weighted by molar-refractivity contribution is 9.10. The number of hydrogen-bond acceptors (Lipinski definition) is 4. The van der Waals surface area contributed by atoms with Crippen LogP contribution in [0, 0.1) is 0 Å². The molecule has 2 rings (SSSR count). The Labute approximate surface area is 107 Å². The van der Waals surface area contributed by atoms with Crippen LogP contribution in [0.5, 0.6) is 0 Å². The lowest BCUT2D eigenvalue weighted by atomic mass is 10.1. The van der Waals surface area contributed by atoms with Crippen molar-refractivity contribution >= 4 is 37.3 Å². The standard InChI is InChI=1S/C9H12BrNO3S2/c10-8-3-6-15-9(8)16(12,13)11-7-1-4-14-5-2-7/h3,6-7,11H,1-2,4-5H2. The largest absolute Gasteiger partial charge is 0.381 e. The van der Waals surface area contributed by atoms with Gasteiger partial charge in [-0.3, -0.25) is 0 Å². The monoisotopic (exact) mass is 325 g/mol. The molecule has 0 spiro atoms. The van der Waals surface area contributed by atoms with Crippen LogP contribution in [0.25, 0.3) is 0 Å². The number of rotatable bonds is 3. The molecular weight excluding hydrogens is 314 g/mol. The van der Waals surface area contributed by atoms with Crippen molar-refractivity contribution in [3.8, 4) is 0 Å². The Hall–Kier alpha value is 0.0500. The van der Waals surface area contributed by atoms with Crippen molar-refractivity contribution in [2.24, 2.45) is 0 Å². The molecule has 1 N–H and O–H groups in total. The maximum Gasteiger partial charge on any atom is 0.251 e. The van der Waals surface area contributed by atoms with Crippen molar-refractivity contribution in [3.63, 3.8) is 0 Å². The van der Waals surface area contributed by atoms with Crippen LogP contribution in [0.2, 0.25) is 0 Å². The highest BCUT2D eigenvalue weighted by Gasteiger charge is 2.24. The van der Waals surface area contributed by atoms with Crippen LogP contribution in [-0.2, 0) is 14.8 Å². The Morgan fingerprint density at radius 1 is 1.44 bits per heavy atom. The number of thiophene rings is 1. The van der Waals surface area contributed by atoms with Gasteiger partial charge in [0.15, 0.2) is 0 Å². The van der Waals surface area contributed by atoms with Gasteiger partial charge in [-0.05, 0) is 40.2 Å². The van der Waals surface area contributed by atoms with Crippen molar-refractivity contribution in [1.29, 1.82) is 0 Å². The molecule has 1 aromatic heterocycles. The number of halogens is 1. The number of ether oxygens (including phenoxy) is 1. The first kappa shape index (κ1) is 12.5. The Morgan fingerprint density at radius 2 is 2.12 bits per heavy atom. The fourth-order valence-corrected chi connectivity index (χ4v) is 5.22. The molecule has 0 aromatic carbocycles. The summed E-state index contributed by atoms with van der Waals surface area (Å²) in [6.07, 6.45) is 1.48. The molecule has 1 aliphatic rings. The van der Waals surface area contributed by atoms with Crippen LogP contribution in [0.4, 0.5) is 0 Å². The topological polar surface area (TPSA) is 55.4 Å². The van der Waals surface area contributed by atoms with Gasteiger partial charge in [-0.25, -0.2) is 13.1 Å². The van der Waals surface area contributed by atoms with Crippen molar-refractivity contribution in [1.82, 2.24) is 4.72 Å². The summed E-state index contributed by atoms with van der Waals surface area (Å²) >= 11 is 4.45. The van der Waals surface area contributed by atoms with E-state index < -0.39 is 10.0 Å². The van der Waals surface area contributed by atoms with E-state index in [0.717, 1.165) is 12.8 Å². The smallest absolute Gasteiger partial charge is 0.251 e. The number of sulfonamides is 1. The fourth-order valence-electron chi connectivity index (χ4n) is 1.56. The van der Waals surface area contributed by atoms with Crippen molar-refractivity contribution < 1.29 is 13.2 Å². The van der Waals surface area contributed by atoms with Crippen LogP contribution >= 0.6 is 27.3 Å². The first-order chi connectivity index (χ1) is 7.59. The molecule has 2 heterocycles. The van der Waals surface area contributed by atoms with Crippen LogP contribution in [0.3, 0.4) is 0 Å². The van der Waals surface area contributed by atoms with Gasteiger partial charge in [-0.1, -0.05) is 0 Å². The Balaban J connectivity index is 2.11. The Bertz CT molecular complexity index is 451. The molecule has 0 radical (unpaired) electrons. The second kappa shape index (κ2) is 5.14. The maximum atomic E-state index is 12.0. The molecule has 1 aliphatic heterocycles. The molecule has 4 nitrogen and oxygen atoms in total. The molecule has 7 heteroatoms. The predicted octanol–water partition coefficient (Wildman–Crippen LogP) is 1.97. The minimum absolute atomic E-state index is 0.00671. The summed E-state index contributed by atoms with van der Waals surface area (Å²) < 4.78 is 32.9. The third-order valence-electron chi connectivity index (χ3n) is 2.37. The fraction of sp³-hybridized carbons (Fsp3) is 0.556. The molecule has 0 unspecified atom stereocenters. The zero-order valence-electron chi connectivity index (χ0n) is 8.48. The van der Waals surface area contributed by atoms with Gasteiger partial charge in [0.25, 0.3) is 10.0 Å². The molecule has 90 valence electrons. The van der Waals surface area contributed by atoms with Crippen molar-refractivity contribution in [2.45, 2.75) is 23.1 Å². The third-order valence-corrected chi connectivity index (χ3v) is 6.56. The summed E-state index contributed by atoms with van der Waals surface area (Å²) in [4.78, 5) is 0. The predicted molar refractivity (Wildman–Crippen MR) is 66.2 cm³/mol. The molecule has 0 atom stereocenters. The SMILES string of the molecule is O=S(=O)(NC1CCOCC1)c1sccc1Br. The van der Waals surface area contributed by atoms with E-state index in [1.165, 1.54) is 11.3 Å². The quantitative estimate of drug-likeness (QED) is 0.924. The van der Waals surface area contributed by atoms with E-state index in [0.29, 0.717) is 21.9 Å². The lowest BCUT2D eigenvalue weighted by molar-refractivity contribution is 0.0832. The summed E-state index contributed by atoms with van der Waals surface area (Å²) in [5.41, 5.74) is 0. The van der Waals surface area contributed by atoms with Gasteiger partial charge in [0.2, 0.25) is 0 Å². The van der Waals surface area contributed by atoms with Gasteiger partial charge in [-0.15, -0.1) is 11.3 Å². The van der Waals surface area contributed by atoms with Crippen LogP contribution in [0.1, 0.15) is 12.8 Å². The lowest BCUT2D eigenvalue weighted by Crippen LogP contribution is -2.38. The molecule has 0 aliphatic carbocycles. The van der Waals surface area contributed by atoms with Gasteiger partial charge in [0.1, 0.15) is 4.21 Å². The molecule has 1 aromatic rings. The van der Waals surface area contributed by atoms with E-state index in [4.69, 9.17) is 4.74 Å². The third kappa shape index (κ3) is 2.84. The molecule has 1 saturated heterocycles. The molecule has 0 saturated carbocycles. The average molecular weight is 326 g/mol. The molecule has 0 amide bonds. The van der Waals surface area contributed by atoms with E-state index in [1.807, 2.05) is 0 Å². The zero-order chi connectivity index (χ0) is 11.6. The summed E-state index contributed by atoms with van der Waals surface area (Å²) in [6, 6.07) is 1.73. The highest BCUT2D eigenvalue weighted by Crippen LogP contribution is 2.28. The normalized spacial score (nSPS) is 18.8. The minimum atomic E-state index is -3.38. The number of nitrogens with one attached hydrogen (secondary N) is 1. The number of hydrogen-bond donors (Lipinski definition) is 1. The first-order valence-electron chi connectivity index (χ1n) is 4.92. The first-order valence-corrected chi connectivity index (χ1v) is 8.08. The van der Waals surface area contributed by atoms with Crippen molar-refractivity contribution in [2.75, 3.05) is 13.2 Å². The maximum absolute atomic E-state index is 12.0. The minimum Gasteiger partial charge on any atom is -0.381 e. The Morgan fingerprint density at radius 3 is 2.69 bits per heavy atom. The lowest BCUT2D eigenvalue weighted by Gasteiger charge is -2.22. The molecular formula is C9H12BrNO3S2. The van der Waals surface area contributed by atoms with E-state index in [-0.39, 0.29) is 6.04 Å². The summed E-state index contributed by atoms with van der Waals surface area (Å²) in [5.74, 6) is 0. The average Bonchev–Trinajstić information content (AvgIpc) is 2.66. The van der Waals surface area contributed by atoms with Crippen LogP contribution < -0.4 is 4.72 Å². The second-order valence-corrected chi connectivity index (χ2v) is 7.24. The summed E-state index contributed by atoms with van der Waals surface area (Å²) in [6.45, 7) is 1.25. The van der Waals surface area contributed by atoms with E-state index in [2.05, 4.69) is 20.7 Å². The van der Waals surface area contributed by atoms with Gasteiger partial charge < -0.3 is 4.74 Å². The van der Waals surface area contributed by atoms with Gasteiger partial charge >= 0.3 is 0 Å². The van der Waals surface area contributed by atoms with Gasteiger partial charge in [0.05, 0.1) is 0 Å². The van der Waals surface area contributed by atoms with Crippen molar-refractivity contribution in [3.05, 3.63) is 15.9 Å². The second-order valence-electron chi connectivity index (χ2n) is 3.56. The zero-order valence-corrected chi connectivity index (χ0v) is 11.7. The summed E-state index contributed by atoms with van der Waals surface area (Å²) in [5, 5.41) is 1.75. The van der Waals surface area contributed by atoms with Crippen LogP contribution in [-0.4, -0.2) is 27.7 Å². The van der Waals surface area contributed by atoms with E-state index in [1.54, 1.807) is 11.4 Å². The summed E-state index contributed by atoms with van der Waals surface area (Å²) in [7, 11) is -3.38. The highest BCUT2D eigenvalue weighted by atomic mass is 79.9. The molecule has 1 fully saturated rings. The van der Waals surface area contributed by atoms with Crippen LogP contribution in [0.15, 0.2) is 20.1 Å². The van der Waals surface area contributed by atoms with Gasteiger partial charge in [0, 0.05) is 23.7 Å². The van der Waals surface area contributed by atoms with E-state index >= 15 is 0 Å².